The summed E-state index contributed by atoms with van der Waals surface area (Å²) in [7, 11) is -2.32. The molecule has 0 saturated carbocycles. The van der Waals surface area contributed by atoms with Crippen molar-refractivity contribution in [3.8, 4) is 34.1 Å². The summed E-state index contributed by atoms with van der Waals surface area (Å²) in [5.41, 5.74) is -4.94. The minimum atomic E-state index is -5.95. The van der Waals surface area contributed by atoms with Crippen LogP contribution in [0.3, 0.4) is 0 Å². The molecule has 0 N–H and O–H groups in total. The lowest BCUT2D eigenvalue weighted by Crippen LogP contribution is -2.28. The van der Waals surface area contributed by atoms with Crippen LogP contribution < -0.4 is 18.4 Å². The van der Waals surface area contributed by atoms with E-state index < -0.39 is 21.4 Å². The Balaban J connectivity index is 2.80. The Morgan fingerprint density at radius 2 is 1.44 bits per heavy atom. The van der Waals surface area contributed by atoms with Gasteiger partial charge in [0.15, 0.2) is 11.5 Å². The van der Waals surface area contributed by atoms with Crippen LogP contribution in [-0.2, 0) is 10.1 Å². The molecule has 0 spiro atoms. The molecule has 0 aromatic heterocycles. The molecule has 0 unspecified atom stereocenters. The van der Waals surface area contributed by atoms with E-state index in [1.807, 2.05) is 0 Å². The first-order valence-electron chi connectivity index (χ1n) is 7.15. The van der Waals surface area contributed by atoms with Gasteiger partial charge in [-0.25, -0.2) is 0 Å². The van der Waals surface area contributed by atoms with E-state index in [1.165, 1.54) is 13.2 Å². The molecule has 0 atom stereocenters. The summed E-state index contributed by atoms with van der Waals surface area (Å²) in [6, 6.07) is 7.86. The van der Waals surface area contributed by atoms with E-state index in [0.717, 1.165) is 18.7 Å². The third-order valence-corrected chi connectivity index (χ3v) is 4.90. The van der Waals surface area contributed by atoms with Crippen molar-refractivity contribution in [1.29, 1.82) is 0 Å². The van der Waals surface area contributed by atoms with Gasteiger partial charge in [-0.2, -0.15) is 21.6 Å². The summed E-state index contributed by atoms with van der Waals surface area (Å²) in [6.07, 6.45) is 0. The molecule has 2 aromatic carbocycles. The Morgan fingerprint density at radius 3 is 1.89 bits per heavy atom. The summed E-state index contributed by atoms with van der Waals surface area (Å²) in [5.74, 6) is -1.16. The number of rotatable bonds is 6. The molecule has 11 heteroatoms. The van der Waals surface area contributed by atoms with Crippen molar-refractivity contribution in [3.63, 3.8) is 0 Å². The summed E-state index contributed by atoms with van der Waals surface area (Å²) in [4.78, 5) is 0. The average Bonchev–Trinajstić information content (AvgIpc) is 2.60. The second-order valence-electron chi connectivity index (χ2n) is 5.01. The summed E-state index contributed by atoms with van der Waals surface area (Å²) in [5, 5.41) is 0. The van der Waals surface area contributed by atoms with Gasteiger partial charge in [0.05, 0.1) is 26.9 Å². The van der Waals surface area contributed by atoms with E-state index in [-0.39, 0.29) is 22.8 Å². The highest BCUT2D eigenvalue weighted by atomic mass is 79.9. The Morgan fingerprint density at radius 1 is 0.889 bits per heavy atom. The van der Waals surface area contributed by atoms with Crippen LogP contribution in [0.25, 0.3) is 11.1 Å². The van der Waals surface area contributed by atoms with Crippen LogP contribution in [0, 0.1) is 0 Å². The van der Waals surface area contributed by atoms with Crippen molar-refractivity contribution in [2.24, 2.45) is 0 Å². The zero-order valence-corrected chi connectivity index (χ0v) is 16.7. The predicted molar refractivity (Wildman–Crippen MR) is 94.8 cm³/mol. The molecule has 0 fully saturated rings. The van der Waals surface area contributed by atoms with Gasteiger partial charge in [0, 0.05) is 10.5 Å². The summed E-state index contributed by atoms with van der Waals surface area (Å²) in [6.45, 7) is 0. The molecule has 2 aromatic rings. The Bertz CT molecular complexity index is 927. The van der Waals surface area contributed by atoms with Crippen LogP contribution in [0.15, 0.2) is 34.8 Å². The van der Waals surface area contributed by atoms with E-state index >= 15 is 0 Å². The van der Waals surface area contributed by atoms with Gasteiger partial charge in [-0.1, -0.05) is 28.1 Å². The fourth-order valence-electron chi connectivity index (χ4n) is 2.23. The van der Waals surface area contributed by atoms with Crippen LogP contribution in [0.2, 0.25) is 0 Å². The van der Waals surface area contributed by atoms with Gasteiger partial charge in [0.25, 0.3) is 0 Å². The van der Waals surface area contributed by atoms with Crippen molar-refractivity contribution >= 4 is 26.0 Å². The maximum absolute atomic E-state index is 12.8. The average molecular weight is 471 g/mol. The summed E-state index contributed by atoms with van der Waals surface area (Å²) >= 11 is 3.28. The van der Waals surface area contributed by atoms with Gasteiger partial charge in [0.1, 0.15) is 5.75 Å². The quantitative estimate of drug-likeness (QED) is 0.461. The smallest absolute Gasteiger partial charge is 0.496 e. The van der Waals surface area contributed by atoms with Crippen LogP contribution in [0.4, 0.5) is 13.2 Å². The minimum Gasteiger partial charge on any atom is -0.496 e. The molecule has 6 nitrogen and oxygen atoms in total. The number of benzene rings is 2. The molecule has 0 radical (unpaired) electrons. The normalized spacial score (nSPS) is 11.8. The fourth-order valence-corrected chi connectivity index (χ4v) is 2.96. The van der Waals surface area contributed by atoms with E-state index in [0.29, 0.717) is 5.56 Å². The maximum Gasteiger partial charge on any atom is 0.534 e. The number of ether oxygens (including phenoxy) is 3. The fraction of sp³-hybridized carbons (Fsp3) is 0.250. The predicted octanol–water partition coefficient (Wildman–Crippen LogP) is 4.37. The van der Waals surface area contributed by atoms with Gasteiger partial charge in [0.2, 0.25) is 5.75 Å². The second-order valence-corrected chi connectivity index (χ2v) is 7.46. The lowest BCUT2D eigenvalue weighted by Gasteiger charge is -2.20. The van der Waals surface area contributed by atoms with Crippen molar-refractivity contribution in [2.75, 3.05) is 21.3 Å². The molecule has 0 aliphatic heterocycles. The topological polar surface area (TPSA) is 71.1 Å². The van der Waals surface area contributed by atoms with E-state index in [9.17, 15) is 21.6 Å². The zero-order valence-electron chi connectivity index (χ0n) is 14.3. The molecule has 2 rings (SSSR count). The number of methoxy groups -OCH3 is 3. The van der Waals surface area contributed by atoms with Crippen LogP contribution in [0.1, 0.15) is 0 Å². The second kappa shape index (κ2) is 7.85. The molecule has 0 aliphatic carbocycles. The Kier molecular flexibility index (Phi) is 6.15. The van der Waals surface area contributed by atoms with E-state index in [4.69, 9.17) is 14.2 Å². The van der Waals surface area contributed by atoms with Crippen molar-refractivity contribution in [1.82, 2.24) is 0 Å². The van der Waals surface area contributed by atoms with Gasteiger partial charge < -0.3 is 18.4 Å². The molecule has 27 heavy (non-hydrogen) atoms. The highest BCUT2D eigenvalue weighted by Crippen LogP contribution is 2.51. The largest absolute Gasteiger partial charge is 0.534 e. The zero-order chi connectivity index (χ0) is 20.4. The first-order valence-corrected chi connectivity index (χ1v) is 9.35. The van der Waals surface area contributed by atoms with Crippen LogP contribution in [-0.4, -0.2) is 35.3 Å². The molecule has 148 valence electrons. The minimum absolute atomic E-state index is 0.183. The molecular formula is C16H14BrF3O6S. The van der Waals surface area contributed by atoms with Crippen LogP contribution in [0.5, 0.6) is 23.0 Å². The molecule has 0 bridgehead atoms. The van der Waals surface area contributed by atoms with Gasteiger partial charge in [-0.3, -0.25) is 0 Å². The first-order chi connectivity index (χ1) is 12.6. The first kappa shape index (κ1) is 21.2. The Hall–Kier alpha value is -2.14. The molecular weight excluding hydrogens is 457 g/mol. The summed E-state index contributed by atoms with van der Waals surface area (Å²) < 4.78 is 81.9. The lowest BCUT2D eigenvalue weighted by atomic mass is 10.0. The molecule has 0 saturated heterocycles. The lowest BCUT2D eigenvalue weighted by molar-refractivity contribution is -0.0501. The van der Waals surface area contributed by atoms with Gasteiger partial charge >= 0.3 is 15.6 Å². The number of halogens is 4. The highest BCUT2D eigenvalue weighted by Gasteiger charge is 2.49. The highest BCUT2D eigenvalue weighted by molar-refractivity contribution is 9.10. The number of hydrogen-bond acceptors (Lipinski definition) is 6. The maximum atomic E-state index is 12.8. The number of alkyl halides is 3. The SMILES string of the molecule is COc1cc(OC)c(-c2ccc(Br)cc2)c(OC)c1OS(=O)(=O)C(F)(F)F. The van der Waals surface area contributed by atoms with Crippen molar-refractivity contribution in [2.45, 2.75) is 5.51 Å². The molecule has 0 aliphatic rings. The van der Waals surface area contributed by atoms with Gasteiger partial charge in [-0.15, -0.1) is 0 Å². The van der Waals surface area contributed by atoms with Crippen molar-refractivity contribution in [3.05, 3.63) is 34.8 Å². The molecule has 0 heterocycles. The third kappa shape index (κ3) is 4.24. The van der Waals surface area contributed by atoms with E-state index in [1.54, 1.807) is 24.3 Å². The third-order valence-electron chi connectivity index (χ3n) is 3.42. The van der Waals surface area contributed by atoms with Crippen molar-refractivity contribution < 1.29 is 40.0 Å². The number of hydrogen-bond donors (Lipinski definition) is 0. The molecule has 0 amide bonds. The van der Waals surface area contributed by atoms with E-state index in [2.05, 4.69) is 20.1 Å². The van der Waals surface area contributed by atoms with Crippen LogP contribution >= 0.6 is 15.9 Å². The standard InChI is InChI=1S/C16H14BrF3O6S/c1-23-11-8-12(24-2)14(26-27(21,22)16(18,19)20)15(25-3)13(11)9-4-6-10(17)7-5-9/h4-8H,1-3H3. The monoisotopic (exact) mass is 470 g/mol. The van der Waals surface area contributed by atoms with Gasteiger partial charge in [-0.05, 0) is 17.7 Å². The Labute approximate surface area is 162 Å².